The number of halogens is 2. The van der Waals surface area contributed by atoms with Gasteiger partial charge in [-0.2, -0.15) is 0 Å². The zero-order valence-electron chi connectivity index (χ0n) is 12.9. The molecule has 3 aromatic heterocycles. The van der Waals surface area contributed by atoms with Gasteiger partial charge in [0.15, 0.2) is 0 Å². The summed E-state index contributed by atoms with van der Waals surface area (Å²) in [5.74, 6) is 0.717. The normalized spacial score (nSPS) is 11.0. The van der Waals surface area contributed by atoms with Crippen LogP contribution in [0.5, 0.6) is 0 Å². The maximum atomic E-state index is 6.22. The van der Waals surface area contributed by atoms with Crippen molar-refractivity contribution < 1.29 is 4.42 Å². The summed E-state index contributed by atoms with van der Waals surface area (Å²) in [4.78, 5) is 9.51. The Morgan fingerprint density at radius 2 is 1.88 bits per heavy atom. The van der Waals surface area contributed by atoms with Crippen molar-refractivity contribution in [1.82, 2.24) is 20.2 Å². The maximum absolute atomic E-state index is 6.22. The van der Waals surface area contributed by atoms with Crippen LogP contribution in [0, 0.1) is 6.92 Å². The van der Waals surface area contributed by atoms with E-state index in [1.807, 2.05) is 19.1 Å². The smallest absolute Gasteiger partial charge is 0.260 e. The first-order valence-corrected chi connectivity index (χ1v) is 8.87. The number of hydrogen-bond acceptors (Lipinski definition) is 6. The second-order valence-electron chi connectivity index (χ2n) is 5.19. The van der Waals surface area contributed by atoms with Gasteiger partial charge in [0.1, 0.15) is 9.88 Å². The number of rotatable bonds is 3. The molecule has 0 fully saturated rings. The van der Waals surface area contributed by atoms with Crippen LogP contribution in [0.15, 0.2) is 47.1 Å². The van der Waals surface area contributed by atoms with Gasteiger partial charge in [0.2, 0.25) is 5.89 Å². The Morgan fingerprint density at radius 3 is 2.68 bits per heavy atom. The van der Waals surface area contributed by atoms with Crippen molar-refractivity contribution in [1.29, 1.82) is 0 Å². The van der Waals surface area contributed by atoms with E-state index in [9.17, 15) is 0 Å². The fourth-order valence-corrected chi connectivity index (χ4v) is 3.66. The Balaban J connectivity index is 1.74. The zero-order chi connectivity index (χ0) is 17.4. The molecule has 3 heterocycles. The quantitative estimate of drug-likeness (QED) is 0.461. The average Bonchev–Trinajstić information content (AvgIpc) is 3.25. The predicted molar refractivity (Wildman–Crippen MR) is 98.8 cm³/mol. The number of pyridine rings is 1. The molecule has 0 aliphatic carbocycles. The lowest BCUT2D eigenvalue weighted by atomic mass is 10.2. The molecule has 4 aromatic rings. The van der Waals surface area contributed by atoms with Gasteiger partial charge >= 0.3 is 0 Å². The number of hydrogen-bond donors (Lipinski definition) is 0. The molecule has 25 heavy (non-hydrogen) atoms. The minimum Gasteiger partial charge on any atom is -0.415 e. The van der Waals surface area contributed by atoms with Gasteiger partial charge < -0.3 is 4.42 Å². The summed E-state index contributed by atoms with van der Waals surface area (Å²) in [5, 5.41) is 9.90. The van der Waals surface area contributed by atoms with E-state index in [4.69, 9.17) is 27.6 Å². The molecule has 4 rings (SSSR count). The van der Waals surface area contributed by atoms with E-state index in [1.54, 1.807) is 30.6 Å². The Morgan fingerprint density at radius 1 is 1.04 bits per heavy atom. The lowest BCUT2D eigenvalue weighted by Gasteiger charge is -1.99. The molecule has 0 unspecified atom stereocenters. The highest BCUT2D eigenvalue weighted by Crippen LogP contribution is 2.37. The molecule has 5 nitrogen and oxygen atoms in total. The van der Waals surface area contributed by atoms with E-state index in [0.717, 1.165) is 21.1 Å². The fraction of sp³-hybridized carbons (Fsp3) is 0.0588. The molecule has 0 aliphatic rings. The van der Waals surface area contributed by atoms with Crippen LogP contribution in [0.3, 0.4) is 0 Å². The number of aryl methyl sites for hydroxylation is 1. The van der Waals surface area contributed by atoms with Crippen molar-refractivity contribution in [2.45, 2.75) is 6.92 Å². The second-order valence-corrected chi connectivity index (χ2v) is 6.97. The monoisotopic (exact) mass is 388 g/mol. The Labute approximate surface area is 157 Å². The lowest BCUT2D eigenvalue weighted by Crippen LogP contribution is -1.80. The average molecular weight is 389 g/mol. The van der Waals surface area contributed by atoms with Crippen LogP contribution >= 0.6 is 34.5 Å². The third-order valence-corrected chi connectivity index (χ3v) is 5.52. The van der Waals surface area contributed by atoms with Crippen molar-refractivity contribution in [3.05, 3.63) is 58.5 Å². The molecule has 0 N–H and O–H groups in total. The number of aromatic nitrogens is 4. The molecule has 0 atom stereocenters. The Kier molecular flexibility index (Phi) is 4.25. The largest absolute Gasteiger partial charge is 0.415 e. The van der Waals surface area contributed by atoms with Crippen molar-refractivity contribution >= 4 is 34.5 Å². The molecule has 0 spiro atoms. The first kappa shape index (κ1) is 16.2. The van der Waals surface area contributed by atoms with E-state index in [0.29, 0.717) is 27.4 Å². The van der Waals surface area contributed by atoms with Gasteiger partial charge in [-0.3, -0.25) is 4.98 Å². The SMILES string of the molecule is Cc1nc(-c2cccnc2)sc1-c1nnc(-c2cccc(Cl)c2Cl)o1. The van der Waals surface area contributed by atoms with Crippen LogP contribution in [0.2, 0.25) is 10.0 Å². The van der Waals surface area contributed by atoms with Crippen LogP contribution in [0.4, 0.5) is 0 Å². The van der Waals surface area contributed by atoms with Crippen LogP contribution in [0.25, 0.3) is 32.8 Å². The van der Waals surface area contributed by atoms with Gasteiger partial charge in [-0.05, 0) is 31.2 Å². The van der Waals surface area contributed by atoms with Gasteiger partial charge in [0.05, 0.1) is 21.3 Å². The summed E-state index contributed by atoms with van der Waals surface area (Å²) < 4.78 is 5.81. The summed E-state index contributed by atoms with van der Waals surface area (Å²) in [7, 11) is 0. The van der Waals surface area contributed by atoms with Gasteiger partial charge in [0, 0.05) is 18.0 Å². The minimum absolute atomic E-state index is 0.318. The van der Waals surface area contributed by atoms with E-state index < -0.39 is 0 Å². The first-order valence-electron chi connectivity index (χ1n) is 7.29. The molecule has 1 aromatic carbocycles. The Hall–Kier alpha value is -2.28. The third kappa shape index (κ3) is 3.04. The van der Waals surface area contributed by atoms with E-state index in [2.05, 4.69) is 20.2 Å². The highest BCUT2D eigenvalue weighted by Gasteiger charge is 2.19. The molecular formula is C17H10Cl2N4OS. The zero-order valence-corrected chi connectivity index (χ0v) is 15.2. The molecule has 0 radical (unpaired) electrons. The van der Waals surface area contributed by atoms with Crippen LogP contribution in [0.1, 0.15) is 5.69 Å². The molecule has 0 aliphatic heterocycles. The highest BCUT2D eigenvalue weighted by molar-refractivity contribution is 7.18. The van der Waals surface area contributed by atoms with E-state index in [-0.39, 0.29) is 0 Å². The van der Waals surface area contributed by atoms with Crippen molar-refractivity contribution in [3.63, 3.8) is 0 Å². The summed E-state index contributed by atoms with van der Waals surface area (Å²) in [6.45, 7) is 1.90. The second kappa shape index (κ2) is 6.55. The third-order valence-electron chi connectivity index (χ3n) is 3.51. The first-order chi connectivity index (χ1) is 12.1. The van der Waals surface area contributed by atoms with Crippen LogP contribution < -0.4 is 0 Å². The van der Waals surface area contributed by atoms with Crippen LogP contribution in [-0.4, -0.2) is 20.2 Å². The maximum Gasteiger partial charge on any atom is 0.260 e. The molecular weight excluding hydrogens is 379 g/mol. The van der Waals surface area contributed by atoms with Crippen molar-refractivity contribution in [3.8, 4) is 32.8 Å². The topological polar surface area (TPSA) is 64.7 Å². The van der Waals surface area contributed by atoms with Crippen molar-refractivity contribution in [2.75, 3.05) is 0 Å². The minimum atomic E-state index is 0.318. The van der Waals surface area contributed by atoms with Crippen LogP contribution in [-0.2, 0) is 0 Å². The fourth-order valence-electron chi connectivity index (χ4n) is 2.30. The van der Waals surface area contributed by atoms with E-state index >= 15 is 0 Å². The number of nitrogens with zero attached hydrogens (tertiary/aromatic N) is 4. The standard InChI is InChI=1S/C17H10Cl2N4OS/c1-9-14(25-17(21-9)10-4-3-7-20-8-10)16-23-22-15(24-16)11-5-2-6-12(18)13(11)19/h2-8H,1H3. The lowest BCUT2D eigenvalue weighted by molar-refractivity contribution is 0.585. The van der Waals surface area contributed by atoms with Gasteiger partial charge in [-0.25, -0.2) is 4.98 Å². The molecule has 0 bridgehead atoms. The summed E-state index contributed by atoms with van der Waals surface area (Å²) in [6.07, 6.45) is 3.50. The molecule has 0 amide bonds. The molecule has 0 saturated carbocycles. The summed E-state index contributed by atoms with van der Waals surface area (Å²) >= 11 is 13.7. The Bertz CT molecular complexity index is 1050. The number of thiazole rings is 1. The number of benzene rings is 1. The predicted octanol–water partition coefficient (Wildman–Crippen LogP) is 5.54. The van der Waals surface area contributed by atoms with Gasteiger partial charge in [0.25, 0.3) is 5.89 Å². The van der Waals surface area contributed by atoms with Gasteiger partial charge in [-0.15, -0.1) is 21.5 Å². The summed E-state index contributed by atoms with van der Waals surface area (Å²) in [5.41, 5.74) is 2.36. The molecule has 8 heteroatoms. The highest BCUT2D eigenvalue weighted by atomic mass is 35.5. The van der Waals surface area contributed by atoms with Gasteiger partial charge in [-0.1, -0.05) is 29.3 Å². The summed E-state index contributed by atoms with van der Waals surface area (Å²) in [6, 6.07) is 9.11. The molecule has 124 valence electrons. The molecule has 0 saturated heterocycles. The van der Waals surface area contributed by atoms with Crippen molar-refractivity contribution in [2.24, 2.45) is 0 Å². The van der Waals surface area contributed by atoms with E-state index in [1.165, 1.54) is 11.3 Å².